The number of hydrogen-bond donors (Lipinski definition) is 2. The number of primary amides is 1. The van der Waals surface area contributed by atoms with Crippen molar-refractivity contribution in [2.45, 2.75) is 37.8 Å². The number of carbonyl (C=O) groups is 1. The zero-order valence-electron chi connectivity index (χ0n) is 8.54. The van der Waals surface area contributed by atoms with E-state index in [4.69, 9.17) is 5.73 Å². The van der Waals surface area contributed by atoms with E-state index in [0.29, 0.717) is 6.04 Å². The predicted octanol–water partition coefficient (Wildman–Crippen LogP) is -0.312. The van der Waals surface area contributed by atoms with E-state index in [1.54, 1.807) is 0 Å². The van der Waals surface area contributed by atoms with Crippen LogP contribution in [0, 0.1) is 0 Å². The van der Waals surface area contributed by atoms with Crippen molar-refractivity contribution in [3.63, 3.8) is 0 Å². The van der Waals surface area contributed by atoms with Crippen molar-refractivity contribution < 1.29 is 4.79 Å². The molecule has 2 rings (SSSR count). The minimum absolute atomic E-state index is 0.0000926. The number of likely N-dealkylation sites (tertiary alicyclic amines) is 1. The molecule has 0 radical (unpaired) electrons. The van der Waals surface area contributed by atoms with Gasteiger partial charge in [-0.05, 0) is 38.8 Å². The Hall–Kier alpha value is -0.610. The number of carbonyl (C=O) groups excluding carboxylic acids is 1. The lowest BCUT2D eigenvalue weighted by Crippen LogP contribution is -2.51. The number of nitrogens with zero attached hydrogens (tertiary/aromatic N) is 1. The molecule has 2 fully saturated rings. The maximum atomic E-state index is 11.2. The topological polar surface area (TPSA) is 58.4 Å². The van der Waals surface area contributed by atoms with Gasteiger partial charge < -0.3 is 11.1 Å². The molecular formula is C10H19N3O. The van der Waals surface area contributed by atoms with Gasteiger partial charge in [-0.3, -0.25) is 9.69 Å². The van der Waals surface area contributed by atoms with Crippen LogP contribution >= 0.6 is 0 Å². The second kappa shape index (κ2) is 4.28. The molecule has 0 saturated carbocycles. The van der Waals surface area contributed by atoms with Gasteiger partial charge in [-0.1, -0.05) is 0 Å². The van der Waals surface area contributed by atoms with Crippen LogP contribution in [0.25, 0.3) is 0 Å². The van der Waals surface area contributed by atoms with Crippen molar-refractivity contribution in [1.29, 1.82) is 0 Å². The van der Waals surface area contributed by atoms with Gasteiger partial charge in [0.15, 0.2) is 0 Å². The fraction of sp³-hybridized carbons (Fsp3) is 0.900. The molecule has 80 valence electrons. The SMILES string of the molecule is NC(=O)[C@@H]1CCCN1[C@@H]1CCCNC1. The van der Waals surface area contributed by atoms with E-state index in [-0.39, 0.29) is 11.9 Å². The summed E-state index contributed by atoms with van der Waals surface area (Å²) in [7, 11) is 0. The zero-order valence-corrected chi connectivity index (χ0v) is 8.54. The number of hydrogen-bond acceptors (Lipinski definition) is 3. The molecule has 4 heteroatoms. The molecule has 0 aromatic heterocycles. The summed E-state index contributed by atoms with van der Waals surface area (Å²) in [6.45, 7) is 3.18. The summed E-state index contributed by atoms with van der Waals surface area (Å²) in [4.78, 5) is 13.5. The predicted molar refractivity (Wildman–Crippen MR) is 54.8 cm³/mol. The first-order valence-electron chi connectivity index (χ1n) is 5.55. The summed E-state index contributed by atoms with van der Waals surface area (Å²) in [5.74, 6) is -0.145. The second-order valence-corrected chi connectivity index (χ2v) is 4.30. The molecule has 0 aromatic rings. The molecule has 0 spiro atoms. The monoisotopic (exact) mass is 197 g/mol. The third-order valence-corrected chi connectivity index (χ3v) is 3.36. The number of nitrogens with two attached hydrogens (primary N) is 1. The standard InChI is InChI=1S/C10H19N3O/c11-10(14)9-4-2-6-13(9)8-3-1-5-12-7-8/h8-9,12H,1-7H2,(H2,11,14)/t8-,9+/m1/s1. The van der Waals surface area contributed by atoms with Gasteiger partial charge >= 0.3 is 0 Å². The lowest BCUT2D eigenvalue weighted by molar-refractivity contribution is -0.123. The summed E-state index contributed by atoms with van der Waals surface area (Å²) < 4.78 is 0. The zero-order chi connectivity index (χ0) is 9.97. The lowest BCUT2D eigenvalue weighted by Gasteiger charge is -2.34. The quantitative estimate of drug-likeness (QED) is 0.638. The molecule has 0 aliphatic carbocycles. The molecular weight excluding hydrogens is 178 g/mol. The van der Waals surface area contributed by atoms with Crippen LogP contribution in [0.4, 0.5) is 0 Å². The highest BCUT2D eigenvalue weighted by molar-refractivity contribution is 5.80. The van der Waals surface area contributed by atoms with E-state index in [1.165, 1.54) is 12.8 Å². The van der Waals surface area contributed by atoms with Crippen LogP contribution in [0.1, 0.15) is 25.7 Å². The van der Waals surface area contributed by atoms with Crippen molar-refractivity contribution in [2.24, 2.45) is 5.73 Å². The van der Waals surface area contributed by atoms with Gasteiger partial charge in [0, 0.05) is 12.6 Å². The Labute approximate surface area is 84.8 Å². The van der Waals surface area contributed by atoms with Crippen molar-refractivity contribution in [1.82, 2.24) is 10.2 Å². The third-order valence-electron chi connectivity index (χ3n) is 3.36. The van der Waals surface area contributed by atoms with E-state index >= 15 is 0 Å². The first kappa shape index (κ1) is 9.93. The average Bonchev–Trinajstić information content (AvgIpc) is 2.67. The molecule has 4 nitrogen and oxygen atoms in total. The maximum absolute atomic E-state index is 11.2. The van der Waals surface area contributed by atoms with Gasteiger partial charge in [-0.15, -0.1) is 0 Å². The number of nitrogens with one attached hydrogen (secondary N) is 1. The average molecular weight is 197 g/mol. The van der Waals surface area contributed by atoms with Crippen LogP contribution in [-0.4, -0.2) is 42.5 Å². The molecule has 2 aliphatic heterocycles. The van der Waals surface area contributed by atoms with Crippen LogP contribution in [0.2, 0.25) is 0 Å². The minimum atomic E-state index is -0.145. The highest BCUT2D eigenvalue weighted by Crippen LogP contribution is 2.22. The second-order valence-electron chi connectivity index (χ2n) is 4.30. The maximum Gasteiger partial charge on any atom is 0.234 e. The van der Waals surface area contributed by atoms with Crippen LogP contribution in [-0.2, 0) is 4.79 Å². The number of rotatable bonds is 2. The van der Waals surface area contributed by atoms with E-state index < -0.39 is 0 Å². The van der Waals surface area contributed by atoms with Crippen LogP contribution < -0.4 is 11.1 Å². The highest BCUT2D eigenvalue weighted by atomic mass is 16.1. The molecule has 2 heterocycles. The van der Waals surface area contributed by atoms with Gasteiger partial charge in [0.05, 0.1) is 6.04 Å². The molecule has 2 aliphatic rings. The summed E-state index contributed by atoms with van der Waals surface area (Å²) in [6.07, 6.45) is 4.49. The van der Waals surface area contributed by atoms with Crippen molar-refractivity contribution in [3.8, 4) is 0 Å². The number of amides is 1. The van der Waals surface area contributed by atoms with Crippen LogP contribution in [0.3, 0.4) is 0 Å². The molecule has 0 aromatic carbocycles. The van der Waals surface area contributed by atoms with Crippen LogP contribution in [0.15, 0.2) is 0 Å². The molecule has 2 saturated heterocycles. The van der Waals surface area contributed by atoms with E-state index in [0.717, 1.165) is 32.5 Å². The minimum Gasteiger partial charge on any atom is -0.368 e. The molecule has 0 bridgehead atoms. The molecule has 1 amide bonds. The first-order chi connectivity index (χ1) is 6.79. The fourth-order valence-corrected chi connectivity index (χ4v) is 2.65. The van der Waals surface area contributed by atoms with E-state index in [2.05, 4.69) is 10.2 Å². The molecule has 14 heavy (non-hydrogen) atoms. The third kappa shape index (κ3) is 1.91. The van der Waals surface area contributed by atoms with Gasteiger partial charge in [0.2, 0.25) is 5.91 Å². The molecule has 2 atom stereocenters. The van der Waals surface area contributed by atoms with E-state index in [9.17, 15) is 4.79 Å². The molecule has 3 N–H and O–H groups in total. The molecule has 0 unspecified atom stereocenters. The summed E-state index contributed by atoms with van der Waals surface area (Å²) in [6, 6.07) is 0.531. The Morgan fingerprint density at radius 1 is 1.36 bits per heavy atom. The fourth-order valence-electron chi connectivity index (χ4n) is 2.65. The Bertz CT molecular complexity index is 213. The van der Waals surface area contributed by atoms with Crippen molar-refractivity contribution in [3.05, 3.63) is 0 Å². The van der Waals surface area contributed by atoms with Gasteiger partial charge in [-0.25, -0.2) is 0 Å². The summed E-state index contributed by atoms with van der Waals surface area (Å²) >= 11 is 0. The Balaban J connectivity index is 1.97. The van der Waals surface area contributed by atoms with Crippen molar-refractivity contribution in [2.75, 3.05) is 19.6 Å². The smallest absolute Gasteiger partial charge is 0.234 e. The normalized spacial score (nSPS) is 34.6. The number of piperidine rings is 1. The van der Waals surface area contributed by atoms with Gasteiger partial charge in [-0.2, -0.15) is 0 Å². The van der Waals surface area contributed by atoms with Gasteiger partial charge in [0.1, 0.15) is 0 Å². The Morgan fingerprint density at radius 2 is 2.21 bits per heavy atom. The van der Waals surface area contributed by atoms with E-state index in [1.807, 2.05) is 0 Å². The Morgan fingerprint density at radius 3 is 2.86 bits per heavy atom. The highest BCUT2D eigenvalue weighted by Gasteiger charge is 2.34. The largest absolute Gasteiger partial charge is 0.368 e. The van der Waals surface area contributed by atoms with Gasteiger partial charge in [0.25, 0.3) is 0 Å². The van der Waals surface area contributed by atoms with Crippen LogP contribution in [0.5, 0.6) is 0 Å². The Kier molecular flexibility index (Phi) is 3.03. The summed E-state index contributed by atoms with van der Waals surface area (Å²) in [5.41, 5.74) is 5.39. The van der Waals surface area contributed by atoms with Crippen molar-refractivity contribution >= 4 is 5.91 Å². The lowest BCUT2D eigenvalue weighted by atomic mass is 10.0. The first-order valence-corrected chi connectivity index (χ1v) is 5.55. The summed E-state index contributed by atoms with van der Waals surface area (Å²) in [5, 5.41) is 3.38.